The van der Waals surface area contributed by atoms with Crippen molar-refractivity contribution in [3.05, 3.63) is 12.2 Å². The molecule has 0 aromatic heterocycles. The van der Waals surface area contributed by atoms with Crippen molar-refractivity contribution in [3.63, 3.8) is 0 Å². The minimum atomic E-state index is -1.13. The van der Waals surface area contributed by atoms with E-state index in [-0.39, 0.29) is 19.6 Å². The SMILES string of the molecule is CCCCCCCCCCCCCCCCCCCCCCCCCCCCCCCCCCCCCCCCCCCCCCC/C=C/CCCCCCCCC1CC(=O)OCC(CO)(CO)COC1=O. The Hall–Kier alpha value is -1.40. The first-order chi connectivity index (χ1) is 35.6. The number of hydrogen-bond acceptors (Lipinski definition) is 6. The summed E-state index contributed by atoms with van der Waals surface area (Å²) in [7, 11) is 0. The van der Waals surface area contributed by atoms with Gasteiger partial charge in [-0.2, -0.15) is 0 Å². The van der Waals surface area contributed by atoms with E-state index in [1.165, 1.54) is 321 Å². The third-order valence-corrected chi connectivity index (χ3v) is 16.3. The maximum atomic E-state index is 12.5. The quantitative estimate of drug-likeness (QED) is 0.0358. The Morgan fingerprint density at radius 1 is 0.361 bits per heavy atom. The molecule has 426 valence electrons. The summed E-state index contributed by atoms with van der Waals surface area (Å²) < 4.78 is 10.6. The molecule has 1 unspecified atom stereocenters. The summed E-state index contributed by atoms with van der Waals surface area (Å²) in [5.41, 5.74) is -1.13. The predicted octanol–water partition coefficient (Wildman–Crippen LogP) is 20.7. The van der Waals surface area contributed by atoms with Crippen LogP contribution in [-0.4, -0.2) is 48.6 Å². The molecule has 0 aromatic rings. The molecule has 1 aliphatic heterocycles. The molecule has 0 aromatic carbocycles. The molecule has 1 fully saturated rings. The summed E-state index contributed by atoms with van der Waals surface area (Å²) in [5.74, 6) is -1.42. The molecule has 1 heterocycles. The Bertz CT molecular complexity index is 1130. The molecular formula is C66H126O6. The summed E-state index contributed by atoms with van der Waals surface area (Å²) >= 11 is 0. The van der Waals surface area contributed by atoms with Gasteiger partial charge in [-0.15, -0.1) is 0 Å². The van der Waals surface area contributed by atoms with E-state index in [2.05, 4.69) is 19.1 Å². The highest BCUT2D eigenvalue weighted by molar-refractivity contribution is 5.80. The van der Waals surface area contributed by atoms with Crippen molar-refractivity contribution in [2.24, 2.45) is 11.3 Å². The standard InChI is InChI=1S/C66H126O6/c1-2-3-4-5-6-7-8-9-10-11-12-13-14-15-16-17-18-19-20-21-22-23-24-25-26-27-28-29-30-31-32-33-34-35-36-37-38-39-40-41-42-43-44-45-46-47-48-49-50-51-52-53-54-55-56-57-63-58-64(69)71-61-66(59-67,60-68)62-72-65(63)70/h48-49,63,67-68H,2-47,50-62H2,1H3/b49-48+. The number of aliphatic hydroxyl groups excluding tert-OH is 2. The Morgan fingerprint density at radius 2 is 0.597 bits per heavy atom. The van der Waals surface area contributed by atoms with Crippen LogP contribution in [-0.2, 0) is 19.1 Å². The van der Waals surface area contributed by atoms with Gasteiger partial charge in [-0.25, -0.2) is 0 Å². The molecule has 6 nitrogen and oxygen atoms in total. The molecule has 1 rings (SSSR count). The Balaban J connectivity index is 1.68. The number of esters is 2. The zero-order valence-corrected chi connectivity index (χ0v) is 48.5. The fourth-order valence-corrected chi connectivity index (χ4v) is 10.9. The summed E-state index contributed by atoms with van der Waals surface area (Å²) in [6.45, 7) is 1.20. The lowest BCUT2D eigenvalue weighted by Crippen LogP contribution is -2.40. The molecular weight excluding hydrogens is 889 g/mol. The van der Waals surface area contributed by atoms with Crippen LogP contribution in [0.3, 0.4) is 0 Å². The first kappa shape index (κ1) is 68.6. The van der Waals surface area contributed by atoms with E-state index >= 15 is 0 Å². The van der Waals surface area contributed by atoms with Gasteiger partial charge in [-0.3, -0.25) is 9.59 Å². The molecule has 1 aliphatic rings. The zero-order chi connectivity index (χ0) is 51.8. The van der Waals surface area contributed by atoms with Gasteiger partial charge in [0.25, 0.3) is 0 Å². The van der Waals surface area contributed by atoms with E-state index in [1.54, 1.807) is 0 Å². The van der Waals surface area contributed by atoms with Crippen LogP contribution in [0.5, 0.6) is 0 Å². The molecule has 0 spiro atoms. The van der Waals surface area contributed by atoms with Crippen LogP contribution < -0.4 is 0 Å². The van der Waals surface area contributed by atoms with Gasteiger partial charge < -0.3 is 19.7 Å². The maximum absolute atomic E-state index is 12.5. The van der Waals surface area contributed by atoms with E-state index in [0.717, 1.165) is 19.3 Å². The van der Waals surface area contributed by atoms with Crippen molar-refractivity contribution in [2.45, 2.75) is 360 Å². The minimum Gasteiger partial charge on any atom is -0.465 e. The van der Waals surface area contributed by atoms with Crippen molar-refractivity contribution in [1.29, 1.82) is 0 Å². The number of ether oxygens (including phenoxy) is 2. The second kappa shape index (κ2) is 55.8. The average Bonchev–Trinajstić information content (AvgIpc) is 3.45. The molecule has 0 bridgehead atoms. The predicted molar refractivity (Wildman–Crippen MR) is 311 cm³/mol. The van der Waals surface area contributed by atoms with Crippen molar-refractivity contribution in [1.82, 2.24) is 0 Å². The van der Waals surface area contributed by atoms with Crippen LogP contribution >= 0.6 is 0 Å². The zero-order valence-electron chi connectivity index (χ0n) is 48.5. The highest BCUT2D eigenvalue weighted by atomic mass is 16.6. The number of unbranched alkanes of at least 4 members (excludes halogenated alkanes) is 51. The first-order valence-corrected chi connectivity index (χ1v) is 32.8. The van der Waals surface area contributed by atoms with E-state index in [0.29, 0.717) is 6.42 Å². The van der Waals surface area contributed by atoms with E-state index in [1.807, 2.05) is 0 Å². The van der Waals surface area contributed by atoms with Crippen LogP contribution in [0.25, 0.3) is 0 Å². The number of hydrogen-bond donors (Lipinski definition) is 2. The molecule has 1 atom stereocenters. The van der Waals surface area contributed by atoms with Crippen molar-refractivity contribution in [2.75, 3.05) is 26.4 Å². The molecule has 0 saturated carbocycles. The summed E-state index contributed by atoms with van der Waals surface area (Å²) in [6.07, 6.45) is 80.2. The van der Waals surface area contributed by atoms with Gasteiger partial charge in [0.05, 0.1) is 31.0 Å². The number of aliphatic hydroxyl groups is 2. The van der Waals surface area contributed by atoms with Crippen LogP contribution in [0.1, 0.15) is 360 Å². The van der Waals surface area contributed by atoms with E-state index in [4.69, 9.17) is 9.47 Å². The summed E-state index contributed by atoms with van der Waals surface area (Å²) in [5, 5.41) is 19.2. The van der Waals surface area contributed by atoms with Crippen LogP contribution in [0.4, 0.5) is 0 Å². The molecule has 2 N–H and O–H groups in total. The largest absolute Gasteiger partial charge is 0.465 e. The van der Waals surface area contributed by atoms with Gasteiger partial charge in [-0.1, -0.05) is 334 Å². The third-order valence-electron chi connectivity index (χ3n) is 16.3. The van der Waals surface area contributed by atoms with Gasteiger partial charge in [0.1, 0.15) is 13.2 Å². The van der Waals surface area contributed by atoms with Gasteiger partial charge in [-0.05, 0) is 32.1 Å². The Labute approximate surface area is 449 Å². The van der Waals surface area contributed by atoms with Gasteiger partial charge in [0, 0.05) is 0 Å². The lowest BCUT2D eigenvalue weighted by atomic mass is 9.92. The lowest BCUT2D eigenvalue weighted by Gasteiger charge is -2.27. The Morgan fingerprint density at radius 3 is 0.861 bits per heavy atom. The second-order valence-electron chi connectivity index (χ2n) is 23.5. The number of cyclic esters (lactones) is 2. The topological polar surface area (TPSA) is 93.1 Å². The molecule has 0 radical (unpaired) electrons. The normalized spacial score (nSPS) is 15.2. The molecule has 1 saturated heterocycles. The fraction of sp³-hybridized carbons (Fsp3) is 0.939. The second-order valence-corrected chi connectivity index (χ2v) is 23.5. The summed E-state index contributed by atoms with van der Waals surface area (Å²) in [4.78, 5) is 24.7. The van der Waals surface area contributed by atoms with Crippen molar-refractivity contribution in [3.8, 4) is 0 Å². The molecule has 72 heavy (non-hydrogen) atoms. The third kappa shape index (κ3) is 47.1. The highest BCUT2D eigenvalue weighted by Crippen LogP contribution is 2.25. The monoisotopic (exact) mass is 1010 g/mol. The van der Waals surface area contributed by atoms with E-state index < -0.39 is 36.5 Å². The molecule has 6 heteroatoms. The van der Waals surface area contributed by atoms with Crippen LogP contribution in [0.15, 0.2) is 12.2 Å². The van der Waals surface area contributed by atoms with E-state index in [9.17, 15) is 19.8 Å². The Kier molecular flexibility index (Phi) is 53.2. The fourth-order valence-electron chi connectivity index (χ4n) is 10.9. The van der Waals surface area contributed by atoms with Crippen molar-refractivity contribution >= 4 is 11.9 Å². The average molecular weight is 1020 g/mol. The number of carbonyl (C=O) groups is 2. The number of rotatable bonds is 57. The first-order valence-electron chi connectivity index (χ1n) is 32.8. The van der Waals surface area contributed by atoms with Crippen LogP contribution in [0, 0.1) is 11.3 Å². The minimum absolute atomic E-state index is 0.00202. The van der Waals surface area contributed by atoms with Crippen molar-refractivity contribution < 1.29 is 29.3 Å². The highest BCUT2D eigenvalue weighted by Gasteiger charge is 2.36. The summed E-state index contributed by atoms with van der Waals surface area (Å²) in [6, 6.07) is 0. The molecule has 0 aliphatic carbocycles. The van der Waals surface area contributed by atoms with Gasteiger partial charge in [0.15, 0.2) is 0 Å². The van der Waals surface area contributed by atoms with Gasteiger partial charge >= 0.3 is 11.9 Å². The smallest absolute Gasteiger partial charge is 0.309 e. The van der Waals surface area contributed by atoms with Gasteiger partial charge in [0.2, 0.25) is 0 Å². The van der Waals surface area contributed by atoms with Crippen LogP contribution in [0.2, 0.25) is 0 Å². The number of allylic oxidation sites excluding steroid dienone is 2. The maximum Gasteiger partial charge on any atom is 0.309 e. The molecule has 0 amide bonds. The lowest BCUT2D eigenvalue weighted by molar-refractivity contribution is -0.155. The number of carbonyl (C=O) groups excluding carboxylic acids is 2.